The van der Waals surface area contributed by atoms with E-state index in [-0.39, 0.29) is 5.91 Å². The van der Waals surface area contributed by atoms with E-state index in [0.717, 1.165) is 38.4 Å². The molecule has 0 aromatic heterocycles. The van der Waals surface area contributed by atoms with Crippen LogP contribution in [0.4, 0.5) is 0 Å². The highest BCUT2D eigenvalue weighted by atomic mass is 16.2. The van der Waals surface area contributed by atoms with Crippen molar-refractivity contribution < 1.29 is 4.79 Å². The van der Waals surface area contributed by atoms with E-state index in [1.807, 2.05) is 7.05 Å². The molecule has 1 saturated heterocycles. The minimum Gasteiger partial charge on any atom is -0.342 e. The van der Waals surface area contributed by atoms with Gasteiger partial charge in [0.2, 0.25) is 5.91 Å². The average Bonchev–Trinajstić information content (AvgIpc) is 2.49. The summed E-state index contributed by atoms with van der Waals surface area (Å²) in [4.78, 5) is 14.5. The summed E-state index contributed by atoms with van der Waals surface area (Å²) < 4.78 is 0. The third-order valence-corrected chi connectivity index (χ3v) is 4.62. The number of amides is 1. The molecular weight excluding hydrogens is 260 g/mol. The summed E-state index contributed by atoms with van der Waals surface area (Å²) in [5.74, 6) is 1.07. The molecule has 0 radical (unpaired) electrons. The van der Waals surface area contributed by atoms with Crippen LogP contribution in [-0.4, -0.2) is 37.5 Å². The zero-order valence-electron chi connectivity index (χ0n) is 13.6. The van der Waals surface area contributed by atoms with Crippen LogP contribution in [0.3, 0.4) is 0 Å². The van der Waals surface area contributed by atoms with Gasteiger partial charge >= 0.3 is 0 Å². The van der Waals surface area contributed by atoms with Gasteiger partial charge in [-0.2, -0.15) is 0 Å². The second-order valence-corrected chi connectivity index (χ2v) is 6.32. The Morgan fingerprint density at radius 3 is 2.67 bits per heavy atom. The lowest BCUT2D eigenvalue weighted by atomic mass is 9.93. The topological polar surface area (TPSA) is 32.3 Å². The van der Waals surface area contributed by atoms with Crippen molar-refractivity contribution >= 4 is 5.91 Å². The minimum absolute atomic E-state index is 0.288. The van der Waals surface area contributed by atoms with Gasteiger partial charge in [0.1, 0.15) is 0 Å². The summed E-state index contributed by atoms with van der Waals surface area (Å²) in [6.07, 6.45) is 4.09. The average molecular weight is 288 g/mol. The number of nitrogens with zero attached hydrogens (tertiary/aromatic N) is 1. The number of likely N-dealkylation sites (tertiary alicyclic amines) is 1. The molecule has 0 unspecified atom stereocenters. The molecule has 21 heavy (non-hydrogen) atoms. The van der Waals surface area contributed by atoms with Gasteiger partial charge in [-0.15, -0.1) is 0 Å². The van der Waals surface area contributed by atoms with Gasteiger partial charge in [-0.05, 0) is 63.7 Å². The van der Waals surface area contributed by atoms with Crippen LogP contribution in [0.5, 0.6) is 0 Å². The zero-order valence-corrected chi connectivity index (χ0v) is 13.6. The summed E-state index contributed by atoms with van der Waals surface area (Å²) >= 11 is 0. The van der Waals surface area contributed by atoms with Gasteiger partial charge in [0.05, 0.1) is 6.42 Å². The molecule has 0 bridgehead atoms. The summed E-state index contributed by atoms with van der Waals surface area (Å²) in [5, 5.41) is 3.21. The van der Waals surface area contributed by atoms with E-state index in [1.165, 1.54) is 23.1 Å². The highest BCUT2D eigenvalue weighted by Crippen LogP contribution is 2.21. The summed E-state index contributed by atoms with van der Waals surface area (Å²) in [7, 11) is 2.00. The van der Waals surface area contributed by atoms with Crippen LogP contribution in [0.25, 0.3) is 0 Å². The van der Waals surface area contributed by atoms with Gasteiger partial charge < -0.3 is 10.2 Å². The Kier molecular flexibility index (Phi) is 5.80. The molecule has 1 aromatic carbocycles. The fourth-order valence-corrected chi connectivity index (χ4v) is 3.08. The molecular formula is C18H28N2O. The SMILES string of the molecule is CNCCC1CCN(C(=O)Cc2cc(C)ccc2C)CC1. The molecule has 1 fully saturated rings. The van der Waals surface area contributed by atoms with E-state index < -0.39 is 0 Å². The van der Waals surface area contributed by atoms with Crippen LogP contribution in [0.2, 0.25) is 0 Å². The molecule has 1 N–H and O–H groups in total. The highest BCUT2D eigenvalue weighted by Gasteiger charge is 2.22. The number of hydrogen-bond donors (Lipinski definition) is 1. The number of carbonyl (C=O) groups is 1. The number of benzene rings is 1. The number of aryl methyl sites for hydroxylation is 2. The monoisotopic (exact) mass is 288 g/mol. The largest absolute Gasteiger partial charge is 0.342 e. The fourth-order valence-electron chi connectivity index (χ4n) is 3.08. The van der Waals surface area contributed by atoms with Crippen molar-refractivity contribution in [2.75, 3.05) is 26.7 Å². The Bertz CT molecular complexity index is 476. The number of piperidine rings is 1. The molecule has 3 heteroatoms. The van der Waals surface area contributed by atoms with E-state index in [9.17, 15) is 4.79 Å². The van der Waals surface area contributed by atoms with Crippen LogP contribution in [0.15, 0.2) is 18.2 Å². The van der Waals surface area contributed by atoms with Gasteiger partial charge in [0.25, 0.3) is 0 Å². The van der Waals surface area contributed by atoms with E-state index >= 15 is 0 Å². The van der Waals surface area contributed by atoms with Gasteiger partial charge in [-0.3, -0.25) is 4.79 Å². The zero-order chi connectivity index (χ0) is 15.2. The predicted molar refractivity (Wildman–Crippen MR) is 87.5 cm³/mol. The third-order valence-electron chi connectivity index (χ3n) is 4.62. The van der Waals surface area contributed by atoms with Crippen molar-refractivity contribution in [1.82, 2.24) is 10.2 Å². The number of hydrogen-bond acceptors (Lipinski definition) is 2. The minimum atomic E-state index is 0.288. The molecule has 0 aliphatic carbocycles. The number of nitrogens with one attached hydrogen (secondary N) is 1. The first-order chi connectivity index (χ1) is 10.1. The summed E-state index contributed by atoms with van der Waals surface area (Å²) in [6, 6.07) is 6.37. The third kappa shape index (κ3) is 4.57. The quantitative estimate of drug-likeness (QED) is 0.903. The van der Waals surface area contributed by atoms with Crippen molar-refractivity contribution in [3.63, 3.8) is 0 Å². The van der Waals surface area contributed by atoms with E-state index in [1.54, 1.807) is 0 Å². The van der Waals surface area contributed by atoms with Crippen molar-refractivity contribution in [2.24, 2.45) is 5.92 Å². The maximum atomic E-state index is 12.5. The first-order valence-corrected chi connectivity index (χ1v) is 8.08. The molecule has 1 aliphatic rings. The molecule has 3 nitrogen and oxygen atoms in total. The number of carbonyl (C=O) groups excluding carboxylic acids is 1. The smallest absolute Gasteiger partial charge is 0.226 e. The van der Waals surface area contributed by atoms with E-state index in [2.05, 4.69) is 42.3 Å². The first kappa shape index (κ1) is 16.0. The maximum absolute atomic E-state index is 12.5. The van der Waals surface area contributed by atoms with Crippen molar-refractivity contribution in [3.8, 4) is 0 Å². The molecule has 2 rings (SSSR count). The highest BCUT2D eigenvalue weighted by molar-refractivity contribution is 5.79. The van der Waals surface area contributed by atoms with Crippen LogP contribution in [-0.2, 0) is 11.2 Å². The Hall–Kier alpha value is -1.35. The number of rotatable bonds is 5. The van der Waals surface area contributed by atoms with Gasteiger partial charge in [-0.1, -0.05) is 23.8 Å². The summed E-state index contributed by atoms with van der Waals surface area (Å²) in [5.41, 5.74) is 3.63. The predicted octanol–water partition coefficient (Wildman–Crippen LogP) is 2.69. The van der Waals surface area contributed by atoms with Crippen molar-refractivity contribution in [2.45, 2.75) is 39.5 Å². The maximum Gasteiger partial charge on any atom is 0.226 e. The summed E-state index contributed by atoms with van der Waals surface area (Å²) in [6.45, 7) is 7.12. The Balaban J connectivity index is 1.86. The van der Waals surface area contributed by atoms with Gasteiger partial charge in [-0.25, -0.2) is 0 Å². The van der Waals surface area contributed by atoms with Gasteiger partial charge in [0, 0.05) is 13.1 Å². The van der Waals surface area contributed by atoms with Crippen LogP contribution in [0, 0.1) is 19.8 Å². The molecule has 1 aromatic rings. The Morgan fingerprint density at radius 2 is 2.00 bits per heavy atom. The van der Waals surface area contributed by atoms with E-state index in [0.29, 0.717) is 6.42 Å². The molecule has 0 spiro atoms. The molecule has 1 aliphatic heterocycles. The van der Waals surface area contributed by atoms with Crippen LogP contribution in [0.1, 0.15) is 36.0 Å². The first-order valence-electron chi connectivity index (χ1n) is 8.08. The Labute approximate surface area is 128 Å². The van der Waals surface area contributed by atoms with Crippen LogP contribution < -0.4 is 5.32 Å². The lowest BCUT2D eigenvalue weighted by Crippen LogP contribution is -2.39. The normalized spacial score (nSPS) is 16.2. The Morgan fingerprint density at radius 1 is 1.29 bits per heavy atom. The second kappa shape index (κ2) is 7.60. The molecule has 0 saturated carbocycles. The lowest BCUT2D eigenvalue weighted by Gasteiger charge is -2.32. The molecule has 1 heterocycles. The molecule has 116 valence electrons. The standard InChI is InChI=1S/C18H28N2O/c1-14-4-5-15(2)17(12-14)13-18(21)20-10-7-16(8-11-20)6-9-19-3/h4-5,12,16,19H,6-11,13H2,1-3H3. The molecule has 1 amide bonds. The fraction of sp³-hybridized carbons (Fsp3) is 0.611. The van der Waals surface area contributed by atoms with Crippen molar-refractivity contribution in [3.05, 3.63) is 34.9 Å². The lowest BCUT2D eigenvalue weighted by molar-refractivity contribution is -0.131. The van der Waals surface area contributed by atoms with Crippen molar-refractivity contribution in [1.29, 1.82) is 0 Å². The molecule has 0 atom stereocenters. The van der Waals surface area contributed by atoms with E-state index in [4.69, 9.17) is 0 Å². The van der Waals surface area contributed by atoms with Crippen LogP contribution >= 0.6 is 0 Å². The second-order valence-electron chi connectivity index (χ2n) is 6.32. The van der Waals surface area contributed by atoms with Gasteiger partial charge in [0.15, 0.2) is 0 Å².